The maximum absolute atomic E-state index is 13.1. The van der Waals surface area contributed by atoms with Crippen molar-refractivity contribution in [1.29, 1.82) is 0 Å². The molecule has 3 aromatic heterocycles. The summed E-state index contributed by atoms with van der Waals surface area (Å²) in [5, 5.41) is 8.44. The van der Waals surface area contributed by atoms with E-state index in [2.05, 4.69) is 15.2 Å². The van der Waals surface area contributed by atoms with Gasteiger partial charge >= 0.3 is 0 Å². The number of nitrogens with zero attached hydrogens (tertiary/aromatic N) is 5. The highest BCUT2D eigenvalue weighted by Gasteiger charge is 2.23. The molecule has 0 bridgehead atoms. The predicted octanol–water partition coefficient (Wildman–Crippen LogP) is 3.35. The molecular formula is C20H19N5O3. The molecule has 0 aliphatic heterocycles. The van der Waals surface area contributed by atoms with Crippen molar-refractivity contribution in [3.05, 3.63) is 72.2 Å². The lowest BCUT2D eigenvalue weighted by atomic mass is 10.2. The summed E-state index contributed by atoms with van der Waals surface area (Å²) < 4.78 is 12.3. The number of furan rings is 1. The van der Waals surface area contributed by atoms with E-state index < -0.39 is 0 Å². The zero-order valence-corrected chi connectivity index (χ0v) is 15.6. The maximum Gasteiger partial charge on any atom is 0.272 e. The van der Waals surface area contributed by atoms with E-state index in [0.29, 0.717) is 35.3 Å². The monoisotopic (exact) mass is 377 g/mol. The van der Waals surface area contributed by atoms with Crippen LogP contribution in [0.25, 0.3) is 17.1 Å². The van der Waals surface area contributed by atoms with Crippen molar-refractivity contribution in [2.75, 3.05) is 7.05 Å². The first-order valence-electron chi connectivity index (χ1n) is 8.92. The van der Waals surface area contributed by atoms with E-state index >= 15 is 0 Å². The van der Waals surface area contributed by atoms with Crippen LogP contribution in [0.1, 0.15) is 29.1 Å². The van der Waals surface area contributed by atoms with Crippen LogP contribution < -0.4 is 0 Å². The third-order valence-corrected chi connectivity index (χ3v) is 4.25. The van der Waals surface area contributed by atoms with E-state index in [4.69, 9.17) is 8.94 Å². The number of rotatable bonds is 6. The summed E-state index contributed by atoms with van der Waals surface area (Å²) >= 11 is 0. The Bertz CT molecular complexity index is 1070. The quantitative estimate of drug-likeness (QED) is 0.512. The van der Waals surface area contributed by atoms with Crippen LogP contribution in [0.15, 0.2) is 63.7 Å². The molecule has 28 heavy (non-hydrogen) atoms. The van der Waals surface area contributed by atoms with Crippen LogP contribution in [0, 0.1) is 0 Å². The van der Waals surface area contributed by atoms with Gasteiger partial charge in [0.2, 0.25) is 5.89 Å². The minimum atomic E-state index is -0.217. The molecule has 8 nitrogen and oxygen atoms in total. The second kappa shape index (κ2) is 7.51. The summed E-state index contributed by atoms with van der Waals surface area (Å²) in [7, 11) is 1.69. The molecular weight excluding hydrogens is 358 g/mol. The number of carbonyl (C=O) groups is 1. The standard InChI is InChI=1S/C20H19N5O3/c1-3-18-21-19(28-23-18)13-24(2)20(26)16-12-15(17-10-7-11-27-17)22-25(16)14-8-5-4-6-9-14/h4-12H,3,13H2,1-2H3. The molecule has 0 atom stereocenters. The van der Waals surface area contributed by atoms with Gasteiger partial charge < -0.3 is 13.8 Å². The van der Waals surface area contributed by atoms with Gasteiger partial charge in [-0.1, -0.05) is 30.3 Å². The second-order valence-corrected chi connectivity index (χ2v) is 6.26. The molecule has 3 heterocycles. The number of aryl methyl sites for hydroxylation is 1. The van der Waals surface area contributed by atoms with Crippen LogP contribution >= 0.6 is 0 Å². The third kappa shape index (κ3) is 3.44. The van der Waals surface area contributed by atoms with E-state index in [1.165, 1.54) is 4.90 Å². The lowest BCUT2D eigenvalue weighted by Crippen LogP contribution is -2.28. The fourth-order valence-electron chi connectivity index (χ4n) is 2.81. The highest BCUT2D eigenvalue weighted by Crippen LogP contribution is 2.23. The topological polar surface area (TPSA) is 90.2 Å². The number of carbonyl (C=O) groups excluding carboxylic acids is 1. The summed E-state index contributed by atoms with van der Waals surface area (Å²) in [6, 6.07) is 14.8. The van der Waals surface area contributed by atoms with Gasteiger partial charge in [-0.3, -0.25) is 4.79 Å². The largest absolute Gasteiger partial charge is 0.463 e. The molecule has 4 rings (SSSR count). The summed E-state index contributed by atoms with van der Waals surface area (Å²) in [4.78, 5) is 18.9. The first kappa shape index (κ1) is 17.7. The van der Waals surface area contributed by atoms with Gasteiger partial charge in [-0.25, -0.2) is 4.68 Å². The summed E-state index contributed by atoms with van der Waals surface area (Å²) in [5.41, 5.74) is 1.77. The van der Waals surface area contributed by atoms with Gasteiger partial charge in [-0.05, 0) is 24.3 Å². The Balaban J connectivity index is 1.67. The zero-order valence-electron chi connectivity index (χ0n) is 15.6. The minimum Gasteiger partial charge on any atom is -0.463 e. The SMILES string of the molecule is CCc1noc(CN(C)C(=O)c2cc(-c3ccco3)nn2-c2ccccc2)n1. The maximum atomic E-state index is 13.1. The molecule has 0 spiro atoms. The lowest BCUT2D eigenvalue weighted by molar-refractivity contribution is 0.0760. The summed E-state index contributed by atoms with van der Waals surface area (Å²) in [6.07, 6.45) is 2.25. The van der Waals surface area contributed by atoms with Crippen molar-refractivity contribution in [3.63, 3.8) is 0 Å². The number of amides is 1. The van der Waals surface area contributed by atoms with Gasteiger partial charge in [0.05, 0.1) is 12.0 Å². The van der Waals surface area contributed by atoms with Crippen molar-refractivity contribution in [2.24, 2.45) is 0 Å². The van der Waals surface area contributed by atoms with Crippen molar-refractivity contribution >= 4 is 5.91 Å². The summed E-state index contributed by atoms with van der Waals surface area (Å²) in [6.45, 7) is 2.15. The number of para-hydroxylation sites is 1. The van der Waals surface area contributed by atoms with E-state index in [1.54, 1.807) is 36.2 Å². The lowest BCUT2D eigenvalue weighted by Gasteiger charge is -2.15. The number of hydrogen-bond acceptors (Lipinski definition) is 6. The molecule has 0 N–H and O–H groups in total. The van der Waals surface area contributed by atoms with Gasteiger partial charge in [0.15, 0.2) is 11.6 Å². The Kier molecular flexibility index (Phi) is 4.76. The Labute approximate surface area is 161 Å². The molecule has 0 unspecified atom stereocenters. The first-order chi connectivity index (χ1) is 13.7. The first-order valence-corrected chi connectivity index (χ1v) is 8.92. The average Bonchev–Trinajstić information content (AvgIpc) is 3.47. The van der Waals surface area contributed by atoms with E-state index in [9.17, 15) is 4.79 Å². The molecule has 0 aliphatic rings. The molecule has 1 aromatic carbocycles. The molecule has 1 amide bonds. The molecule has 0 radical (unpaired) electrons. The highest BCUT2D eigenvalue weighted by molar-refractivity contribution is 5.94. The second-order valence-electron chi connectivity index (χ2n) is 6.26. The van der Waals surface area contributed by atoms with Crippen molar-refractivity contribution in [1.82, 2.24) is 24.8 Å². The number of aromatic nitrogens is 4. The van der Waals surface area contributed by atoms with Gasteiger partial charge in [0.25, 0.3) is 5.91 Å². The fraction of sp³-hybridized carbons (Fsp3) is 0.200. The fourth-order valence-corrected chi connectivity index (χ4v) is 2.81. The Hall–Kier alpha value is -3.68. The van der Waals surface area contributed by atoms with Crippen LogP contribution in [-0.2, 0) is 13.0 Å². The Morgan fingerprint density at radius 3 is 2.68 bits per heavy atom. The van der Waals surface area contributed by atoms with Gasteiger partial charge in [-0.2, -0.15) is 10.1 Å². The molecule has 4 aromatic rings. The van der Waals surface area contributed by atoms with Crippen LogP contribution in [-0.4, -0.2) is 37.8 Å². The highest BCUT2D eigenvalue weighted by atomic mass is 16.5. The minimum absolute atomic E-state index is 0.210. The van der Waals surface area contributed by atoms with Crippen LogP contribution in [0.5, 0.6) is 0 Å². The third-order valence-electron chi connectivity index (χ3n) is 4.25. The van der Waals surface area contributed by atoms with Gasteiger partial charge in [0.1, 0.15) is 17.9 Å². The van der Waals surface area contributed by atoms with Crippen LogP contribution in [0.4, 0.5) is 0 Å². The van der Waals surface area contributed by atoms with E-state index in [0.717, 1.165) is 5.69 Å². The molecule has 0 saturated carbocycles. The molecule has 0 fully saturated rings. The average molecular weight is 377 g/mol. The van der Waals surface area contributed by atoms with Crippen LogP contribution in [0.3, 0.4) is 0 Å². The predicted molar refractivity (Wildman–Crippen MR) is 101 cm³/mol. The smallest absolute Gasteiger partial charge is 0.272 e. The van der Waals surface area contributed by atoms with Crippen molar-refractivity contribution < 1.29 is 13.7 Å². The van der Waals surface area contributed by atoms with Gasteiger partial charge in [0, 0.05) is 19.5 Å². The van der Waals surface area contributed by atoms with Crippen LogP contribution in [0.2, 0.25) is 0 Å². The summed E-state index contributed by atoms with van der Waals surface area (Å²) in [5.74, 6) is 1.39. The molecule has 142 valence electrons. The molecule has 0 aliphatic carbocycles. The number of hydrogen-bond donors (Lipinski definition) is 0. The van der Waals surface area contributed by atoms with E-state index in [-0.39, 0.29) is 12.5 Å². The van der Waals surface area contributed by atoms with Crippen molar-refractivity contribution in [2.45, 2.75) is 19.9 Å². The van der Waals surface area contributed by atoms with Crippen molar-refractivity contribution in [3.8, 4) is 17.1 Å². The number of benzene rings is 1. The van der Waals surface area contributed by atoms with E-state index in [1.807, 2.05) is 37.3 Å². The normalized spacial score (nSPS) is 10.9. The Morgan fingerprint density at radius 1 is 1.18 bits per heavy atom. The molecule has 0 saturated heterocycles. The molecule has 8 heteroatoms. The van der Waals surface area contributed by atoms with Gasteiger partial charge in [-0.15, -0.1) is 0 Å². The zero-order chi connectivity index (χ0) is 19.5. The Morgan fingerprint density at radius 2 is 2.00 bits per heavy atom.